The maximum Gasteiger partial charge on any atom is 0.356 e. The van der Waals surface area contributed by atoms with Crippen molar-refractivity contribution in [2.45, 2.75) is 6.61 Å². The zero-order valence-electron chi connectivity index (χ0n) is 10.9. The number of hydrogen-bond donors (Lipinski definition) is 1. The summed E-state index contributed by atoms with van der Waals surface area (Å²) in [5.74, 6) is 0.152. The Bertz CT molecular complexity index is 576. The van der Waals surface area contributed by atoms with Crippen molar-refractivity contribution in [3.05, 3.63) is 53.7 Å². The van der Waals surface area contributed by atoms with Crippen LogP contribution in [0.4, 0.5) is 5.82 Å². The summed E-state index contributed by atoms with van der Waals surface area (Å²) in [7, 11) is 1.29. The summed E-state index contributed by atoms with van der Waals surface area (Å²) in [6.07, 6.45) is 0. The Morgan fingerprint density at radius 2 is 1.95 bits per heavy atom. The molecule has 2 N–H and O–H groups in total. The van der Waals surface area contributed by atoms with Gasteiger partial charge < -0.3 is 15.2 Å². The van der Waals surface area contributed by atoms with Gasteiger partial charge >= 0.3 is 5.97 Å². The van der Waals surface area contributed by atoms with Gasteiger partial charge in [0.25, 0.3) is 0 Å². The number of pyridine rings is 1. The van der Waals surface area contributed by atoms with E-state index < -0.39 is 5.97 Å². The maximum absolute atomic E-state index is 11.4. The summed E-state index contributed by atoms with van der Waals surface area (Å²) in [5.41, 5.74) is 6.78. The molecule has 0 bridgehead atoms. The molecule has 0 aliphatic heterocycles. The van der Waals surface area contributed by atoms with Gasteiger partial charge in [0.15, 0.2) is 5.69 Å². The number of hydrogen-bond acceptors (Lipinski definition) is 5. The summed E-state index contributed by atoms with van der Waals surface area (Å²) in [4.78, 5) is 15.3. The third-order valence-electron chi connectivity index (χ3n) is 2.46. The first kappa shape index (κ1) is 15.8. The summed E-state index contributed by atoms with van der Waals surface area (Å²) >= 11 is 0. The molecule has 0 aliphatic carbocycles. The van der Waals surface area contributed by atoms with Crippen LogP contribution >= 0.6 is 12.4 Å². The average molecular weight is 295 g/mol. The van der Waals surface area contributed by atoms with E-state index >= 15 is 0 Å². The maximum atomic E-state index is 11.4. The standard InChI is InChI=1S/C14H14N2O3.ClH/c1-18-14(17)12-7-11(8-13(15)16-12)19-9-10-5-3-2-4-6-10;/h2-8H,9H2,1H3,(H2,15,16);1H. The van der Waals surface area contributed by atoms with Crippen LogP contribution < -0.4 is 10.5 Å². The van der Waals surface area contributed by atoms with Crippen LogP contribution in [-0.2, 0) is 11.3 Å². The minimum Gasteiger partial charge on any atom is -0.489 e. The molecule has 0 saturated carbocycles. The van der Waals surface area contributed by atoms with Crippen LogP contribution in [0, 0.1) is 0 Å². The number of aromatic nitrogens is 1. The van der Waals surface area contributed by atoms with Gasteiger partial charge in [0.1, 0.15) is 18.2 Å². The van der Waals surface area contributed by atoms with Gasteiger partial charge in [0.2, 0.25) is 0 Å². The molecule has 0 amide bonds. The summed E-state index contributed by atoms with van der Waals surface area (Å²) < 4.78 is 10.2. The Morgan fingerprint density at radius 3 is 2.60 bits per heavy atom. The molecule has 0 saturated heterocycles. The summed E-state index contributed by atoms with van der Waals surface area (Å²) in [5, 5.41) is 0. The Kier molecular flexibility index (Phi) is 5.80. The van der Waals surface area contributed by atoms with Gasteiger partial charge in [-0.2, -0.15) is 0 Å². The van der Waals surface area contributed by atoms with E-state index in [2.05, 4.69) is 9.72 Å². The molecule has 0 spiro atoms. The molecule has 1 aromatic heterocycles. The first-order valence-electron chi connectivity index (χ1n) is 5.71. The molecule has 0 atom stereocenters. The molecule has 2 aromatic rings. The van der Waals surface area contributed by atoms with E-state index in [0.717, 1.165) is 5.56 Å². The van der Waals surface area contributed by atoms with E-state index in [1.807, 2.05) is 30.3 Å². The molecule has 20 heavy (non-hydrogen) atoms. The number of nitrogens with two attached hydrogens (primary N) is 1. The zero-order chi connectivity index (χ0) is 13.7. The predicted molar refractivity (Wildman–Crippen MR) is 78.0 cm³/mol. The highest BCUT2D eigenvalue weighted by Crippen LogP contribution is 2.17. The Hall–Kier alpha value is -2.27. The van der Waals surface area contributed by atoms with Crippen LogP contribution in [0.1, 0.15) is 16.1 Å². The minimum absolute atomic E-state index is 0. The first-order valence-corrected chi connectivity index (χ1v) is 5.71. The number of rotatable bonds is 4. The van der Waals surface area contributed by atoms with Crippen molar-refractivity contribution in [3.8, 4) is 5.75 Å². The smallest absolute Gasteiger partial charge is 0.356 e. The Labute approximate surface area is 123 Å². The Balaban J connectivity index is 0.00000200. The highest BCUT2D eigenvalue weighted by molar-refractivity contribution is 5.88. The molecule has 1 aromatic carbocycles. The second-order valence-electron chi connectivity index (χ2n) is 3.88. The molecular weight excluding hydrogens is 280 g/mol. The molecule has 0 radical (unpaired) electrons. The number of benzene rings is 1. The normalized spacial score (nSPS) is 9.45. The van der Waals surface area contributed by atoms with Crippen LogP contribution in [0.5, 0.6) is 5.75 Å². The molecular formula is C14H15ClN2O3. The van der Waals surface area contributed by atoms with Crippen LogP contribution in [0.15, 0.2) is 42.5 Å². The highest BCUT2D eigenvalue weighted by Gasteiger charge is 2.10. The first-order chi connectivity index (χ1) is 9.19. The van der Waals surface area contributed by atoms with E-state index in [1.54, 1.807) is 6.07 Å². The third-order valence-corrected chi connectivity index (χ3v) is 2.46. The zero-order valence-corrected chi connectivity index (χ0v) is 11.7. The monoisotopic (exact) mass is 294 g/mol. The molecule has 5 nitrogen and oxygen atoms in total. The topological polar surface area (TPSA) is 74.4 Å². The molecule has 106 valence electrons. The average Bonchev–Trinajstić information content (AvgIpc) is 2.45. The number of carbonyl (C=O) groups is 1. The number of esters is 1. The largest absolute Gasteiger partial charge is 0.489 e. The lowest BCUT2D eigenvalue weighted by molar-refractivity contribution is 0.0593. The summed E-state index contributed by atoms with van der Waals surface area (Å²) in [6.45, 7) is 0.394. The second kappa shape index (κ2) is 7.35. The van der Waals surface area contributed by atoms with Crippen molar-refractivity contribution < 1.29 is 14.3 Å². The van der Waals surface area contributed by atoms with Crippen LogP contribution in [0.2, 0.25) is 0 Å². The van der Waals surface area contributed by atoms with Crippen LogP contribution in [0.3, 0.4) is 0 Å². The number of carbonyl (C=O) groups excluding carboxylic acids is 1. The Morgan fingerprint density at radius 1 is 1.25 bits per heavy atom. The number of anilines is 1. The van der Waals surface area contributed by atoms with Gasteiger partial charge in [-0.05, 0) is 5.56 Å². The van der Waals surface area contributed by atoms with Crippen molar-refractivity contribution in [1.82, 2.24) is 4.98 Å². The van der Waals surface area contributed by atoms with Gasteiger partial charge in [0.05, 0.1) is 7.11 Å². The van der Waals surface area contributed by atoms with Crippen LogP contribution in [-0.4, -0.2) is 18.1 Å². The van der Waals surface area contributed by atoms with Gasteiger partial charge in [-0.1, -0.05) is 30.3 Å². The van der Waals surface area contributed by atoms with Gasteiger partial charge in [-0.25, -0.2) is 9.78 Å². The van der Waals surface area contributed by atoms with Crippen molar-refractivity contribution in [2.24, 2.45) is 0 Å². The molecule has 1 heterocycles. The quantitative estimate of drug-likeness (QED) is 0.877. The molecule has 0 unspecified atom stereocenters. The van der Waals surface area contributed by atoms with Gasteiger partial charge in [-0.3, -0.25) is 0 Å². The predicted octanol–water partition coefficient (Wildman–Crippen LogP) is 2.45. The third kappa shape index (κ3) is 4.13. The number of halogens is 1. The lowest BCUT2D eigenvalue weighted by Gasteiger charge is -2.08. The summed E-state index contributed by atoms with van der Waals surface area (Å²) in [6, 6.07) is 12.8. The van der Waals surface area contributed by atoms with E-state index in [0.29, 0.717) is 12.4 Å². The van der Waals surface area contributed by atoms with E-state index in [-0.39, 0.29) is 23.9 Å². The van der Waals surface area contributed by atoms with Gasteiger partial charge in [-0.15, -0.1) is 12.4 Å². The second-order valence-corrected chi connectivity index (χ2v) is 3.88. The molecule has 2 rings (SSSR count). The number of nitrogen functional groups attached to an aromatic ring is 1. The number of nitrogens with zero attached hydrogens (tertiary/aromatic N) is 1. The highest BCUT2D eigenvalue weighted by atomic mass is 35.5. The molecule has 0 aliphatic rings. The SMILES string of the molecule is COC(=O)c1cc(OCc2ccccc2)cc(N)n1.Cl. The van der Waals surface area contributed by atoms with E-state index in [1.165, 1.54) is 13.2 Å². The van der Waals surface area contributed by atoms with Crippen molar-refractivity contribution >= 4 is 24.2 Å². The van der Waals surface area contributed by atoms with Crippen molar-refractivity contribution in [1.29, 1.82) is 0 Å². The lowest BCUT2D eigenvalue weighted by Crippen LogP contribution is -2.07. The van der Waals surface area contributed by atoms with Crippen molar-refractivity contribution in [2.75, 3.05) is 12.8 Å². The fraction of sp³-hybridized carbons (Fsp3) is 0.143. The molecule has 6 heteroatoms. The number of methoxy groups -OCH3 is 1. The van der Waals surface area contributed by atoms with Crippen molar-refractivity contribution in [3.63, 3.8) is 0 Å². The fourth-order valence-electron chi connectivity index (χ4n) is 1.56. The lowest BCUT2D eigenvalue weighted by atomic mass is 10.2. The number of ether oxygens (including phenoxy) is 2. The minimum atomic E-state index is -0.545. The van der Waals surface area contributed by atoms with Crippen LogP contribution in [0.25, 0.3) is 0 Å². The fourth-order valence-corrected chi connectivity index (χ4v) is 1.56. The molecule has 0 fully saturated rings. The van der Waals surface area contributed by atoms with E-state index in [9.17, 15) is 4.79 Å². The van der Waals surface area contributed by atoms with Gasteiger partial charge in [0, 0.05) is 12.1 Å². The van der Waals surface area contributed by atoms with E-state index in [4.69, 9.17) is 10.5 Å².